The van der Waals surface area contributed by atoms with Crippen LogP contribution >= 0.6 is 11.6 Å². The number of aromatic nitrogens is 2. The molecule has 0 spiro atoms. The summed E-state index contributed by atoms with van der Waals surface area (Å²) in [6.45, 7) is 4.10. The average Bonchev–Trinajstić information content (AvgIpc) is 2.94. The third kappa shape index (κ3) is 4.01. The van der Waals surface area contributed by atoms with Crippen molar-refractivity contribution >= 4 is 23.4 Å². The third-order valence-corrected chi connectivity index (χ3v) is 4.82. The van der Waals surface area contributed by atoms with Crippen LogP contribution in [0.15, 0.2) is 48.5 Å². The van der Waals surface area contributed by atoms with E-state index in [-0.39, 0.29) is 5.91 Å². The van der Waals surface area contributed by atoms with Crippen LogP contribution in [-0.2, 0) is 6.54 Å². The molecule has 0 saturated carbocycles. The van der Waals surface area contributed by atoms with E-state index in [1.54, 1.807) is 41.1 Å². The van der Waals surface area contributed by atoms with Crippen molar-refractivity contribution in [3.05, 3.63) is 81.6 Å². The van der Waals surface area contributed by atoms with Crippen molar-refractivity contribution in [2.75, 3.05) is 0 Å². The molecule has 3 rings (SSSR count). The second-order valence-corrected chi connectivity index (χ2v) is 6.57. The van der Waals surface area contributed by atoms with Crippen LogP contribution < -0.4 is 11.1 Å². The summed E-state index contributed by atoms with van der Waals surface area (Å²) in [5, 5.41) is 7.89. The smallest absolute Gasteiger partial charge is 0.251 e. The molecule has 3 N–H and O–H groups in total. The van der Waals surface area contributed by atoms with E-state index in [0.29, 0.717) is 22.7 Å². The second-order valence-electron chi connectivity index (χ2n) is 6.19. The number of carbonyl (C=O) groups excluding carboxylic acids is 2. The van der Waals surface area contributed by atoms with Crippen molar-refractivity contribution < 1.29 is 9.59 Å². The lowest BCUT2D eigenvalue weighted by Crippen LogP contribution is -2.22. The van der Waals surface area contributed by atoms with E-state index in [1.165, 1.54) is 0 Å². The number of rotatable bonds is 5. The topological polar surface area (TPSA) is 90.0 Å². The zero-order valence-corrected chi connectivity index (χ0v) is 15.7. The molecule has 0 radical (unpaired) electrons. The SMILES string of the molecule is Cc1nn(-c2ccc(C(=O)NCc3ccc(C(N)=O)cc3)cc2)c(C)c1Cl. The minimum atomic E-state index is -0.477. The maximum absolute atomic E-state index is 12.3. The summed E-state index contributed by atoms with van der Waals surface area (Å²) in [6, 6.07) is 13.9. The molecule has 2 aromatic carbocycles. The first-order chi connectivity index (χ1) is 12.9. The lowest BCUT2D eigenvalue weighted by molar-refractivity contribution is 0.0949. The summed E-state index contributed by atoms with van der Waals surface area (Å²) in [5.74, 6) is -0.665. The fraction of sp³-hybridized carbons (Fsp3) is 0.150. The molecular weight excluding hydrogens is 364 g/mol. The zero-order valence-electron chi connectivity index (χ0n) is 15.0. The van der Waals surface area contributed by atoms with E-state index in [4.69, 9.17) is 17.3 Å². The van der Waals surface area contributed by atoms with Gasteiger partial charge in [-0.1, -0.05) is 23.7 Å². The number of nitrogens with zero attached hydrogens (tertiary/aromatic N) is 2. The third-order valence-electron chi connectivity index (χ3n) is 4.27. The van der Waals surface area contributed by atoms with E-state index < -0.39 is 5.91 Å². The van der Waals surface area contributed by atoms with Gasteiger partial charge in [0, 0.05) is 17.7 Å². The molecule has 6 nitrogen and oxygen atoms in total. The number of aryl methyl sites for hydroxylation is 1. The van der Waals surface area contributed by atoms with Crippen molar-refractivity contribution in [2.24, 2.45) is 5.73 Å². The highest BCUT2D eigenvalue weighted by atomic mass is 35.5. The number of primary amides is 1. The molecule has 3 aromatic rings. The lowest BCUT2D eigenvalue weighted by atomic mass is 10.1. The molecule has 0 fully saturated rings. The Balaban J connectivity index is 1.67. The van der Waals surface area contributed by atoms with E-state index >= 15 is 0 Å². The summed E-state index contributed by atoms with van der Waals surface area (Å²) >= 11 is 6.18. The Morgan fingerprint density at radius 1 is 1.04 bits per heavy atom. The zero-order chi connectivity index (χ0) is 19.6. The number of carbonyl (C=O) groups is 2. The maximum Gasteiger partial charge on any atom is 0.251 e. The summed E-state index contributed by atoms with van der Waals surface area (Å²) in [4.78, 5) is 23.4. The van der Waals surface area contributed by atoms with Gasteiger partial charge in [-0.25, -0.2) is 4.68 Å². The Kier molecular flexibility index (Phi) is 5.28. The first-order valence-corrected chi connectivity index (χ1v) is 8.73. The Morgan fingerprint density at radius 2 is 1.63 bits per heavy atom. The lowest BCUT2D eigenvalue weighted by Gasteiger charge is -2.08. The van der Waals surface area contributed by atoms with Crippen LogP contribution in [0, 0.1) is 13.8 Å². The molecule has 0 aliphatic carbocycles. The Morgan fingerprint density at radius 3 is 2.15 bits per heavy atom. The van der Waals surface area contributed by atoms with Gasteiger partial charge >= 0.3 is 0 Å². The number of hydrogen-bond acceptors (Lipinski definition) is 3. The van der Waals surface area contributed by atoms with Crippen molar-refractivity contribution in [1.82, 2.24) is 15.1 Å². The quantitative estimate of drug-likeness (QED) is 0.710. The van der Waals surface area contributed by atoms with E-state index in [9.17, 15) is 9.59 Å². The standard InChI is InChI=1S/C20H19ClN4O2/c1-12-18(21)13(2)25(24-12)17-9-7-16(8-10-17)20(27)23-11-14-3-5-15(6-4-14)19(22)26/h3-10H,11H2,1-2H3,(H2,22,26)(H,23,27). The van der Waals surface area contributed by atoms with Crippen LogP contribution in [0.5, 0.6) is 0 Å². The van der Waals surface area contributed by atoms with Gasteiger partial charge in [-0.3, -0.25) is 9.59 Å². The molecule has 138 valence electrons. The molecule has 0 saturated heterocycles. The number of nitrogens with one attached hydrogen (secondary N) is 1. The highest BCUT2D eigenvalue weighted by Gasteiger charge is 2.12. The van der Waals surface area contributed by atoms with Crippen molar-refractivity contribution in [3.8, 4) is 5.69 Å². The summed E-state index contributed by atoms with van der Waals surface area (Å²) in [7, 11) is 0. The summed E-state index contributed by atoms with van der Waals surface area (Å²) in [5.41, 5.74) is 9.52. The van der Waals surface area contributed by atoms with Crippen LogP contribution in [-0.4, -0.2) is 21.6 Å². The molecule has 0 aliphatic heterocycles. The summed E-state index contributed by atoms with van der Waals surface area (Å²) < 4.78 is 1.75. The maximum atomic E-state index is 12.3. The number of halogens is 1. The average molecular weight is 383 g/mol. The van der Waals surface area contributed by atoms with Gasteiger partial charge in [0.25, 0.3) is 5.91 Å². The summed E-state index contributed by atoms with van der Waals surface area (Å²) in [6.07, 6.45) is 0. The molecule has 2 amide bonds. The molecule has 1 heterocycles. The molecule has 0 atom stereocenters. The number of benzene rings is 2. The van der Waals surface area contributed by atoms with Crippen molar-refractivity contribution in [1.29, 1.82) is 0 Å². The van der Waals surface area contributed by atoms with Crippen LogP contribution in [0.3, 0.4) is 0 Å². The van der Waals surface area contributed by atoms with Gasteiger partial charge in [0.15, 0.2) is 0 Å². The highest BCUT2D eigenvalue weighted by Crippen LogP contribution is 2.22. The number of hydrogen-bond donors (Lipinski definition) is 2. The number of amides is 2. The fourth-order valence-corrected chi connectivity index (χ4v) is 2.82. The van der Waals surface area contributed by atoms with Gasteiger partial charge in [0.1, 0.15) is 0 Å². The molecule has 27 heavy (non-hydrogen) atoms. The first kappa shape index (κ1) is 18.7. The number of nitrogens with two attached hydrogens (primary N) is 1. The fourth-order valence-electron chi connectivity index (χ4n) is 2.70. The van der Waals surface area contributed by atoms with Crippen LogP contribution in [0.1, 0.15) is 37.7 Å². The molecule has 1 aromatic heterocycles. The predicted octanol–water partition coefficient (Wildman–Crippen LogP) is 3.17. The second kappa shape index (κ2) is 7.63. The Hall–Kier alpha value is -3.12. The molecule has 7 heteroatoms. The van der Waals surface area contributed by atoms with Crippen LogP contribution in [0.25, 0.3) is 5.69 Å². The first-order valence-electron chi connectivity index (χ1n) is 8.36. The van der Waals surface area contributed by atoms with Crippen molar-refractivity contribution in [2.45, 2.75) is 20.4 Å². The largest absolute Gasteiger partial charge is 0.366 e. The Bertz CT molecular complexity index is 992. The predicted molar refractivity (Wildman–Crippen MR) is 104 cm³/mol. The van der Waals surface area contributed by atoms with Gasteiger partial charge < -0.3 is 11.1 Å². The van der Waals surface area contributed by atoms with Gasteiger partial charge in [-0.15, -0.1) is 0 Å². The minimum absolute atomic E-state index is 0.188. The van der Waals surface area contributed by atoms with Gasteiger partial charge in [0.2, 0.25) is 5.91 Å². The van der Waals surface area contributed by atoms with Crippen LogP contribution in [0.2, 0.25) is 5.02 Å². The van der Waals surface area contributed by atoms with Gasteiger partial charge in [-0.05, 0) is 55.8 Å². The normalized spacial score (nSPS) is 10.6. The monoisotopic (exact) mass is 382 g/mol. The van der Waals surface area contributed by atoms with Crippen LogP contribution in [0.4, 0.5) is 0 Å². The highest BCUT2D eigenvalue weighted by molar-refractivity contribution is 6.31. The molecule has 0 bridgehead atoms. The van der Waals surface area contributed by atoms with Gasteiger partial charge in [-0.2, -0.15) is 5.10 Å². The molecule has 0 aliphatic rings. The molecular formula is C20H19ClN4O2. The van der Waals surface area contributed by atoms with E-state index in [2.05, 4.69) is 10.4 Å². The van der Waals surface area contributed by atoms with Crippen molar-refractivity contribution in [3.63, 3.8) is 0 Å². The van der Waals surface area contributed by atoms with E-state index in [1.807, 2.05) is 26.0 Å². The minimum Gasteiger partial charge on any atom is -0.366 e. The molecule has 0 unspecified atom stereocenters. The van der Waals surface area contributed by atoms with E-state index in [0.717, 1.165) is 22.6 Å². The Labute approximate surface area is 161 Å². The van der Waals surface area contributed by atoms with Gasteiger partial charge in [0.05, 0.1) is 22.1 Å².